The van der Waals surface area contributed by atoms with E-state index < -0.39 is 187 Å². The van der Waals surface area contributed by atoms with Crippen molar-refractivity contribution in [1.82, 2.24) is 59.1 Å². The lowest BCUT2D eigenvalue weighted by Crippen LogP contribution is -2.43. The van der Waals surface area contributed by atoms with E-state index in [1.54, 1.807) is 36.4 Å². The van der Waals surface area contributed by atoms with E-state index in [-0.39, 0.29) is 85.0 Å². The highest BCUT2D eigenvalue weighted by Crippen LogP contribution is 2.22. The largest absolute Gasteiger partial charge is 0.497 e. The average Bonchev–Trinajstić information content (AvgIpc) is 0.415. The van der Waals surface area contributed by atoms with E-state index >= 15 is 0 Å². The van der Waals surface area contributed by atoms with E-state index in [1.807, 2.05) is 35.9 Å². The maximum Gasteiger partial charge on any atom is 0.350 e. The van der Waals surface area contributed by atoms with Gasteiger partial charge in [0.15, 0.2) is 29.7 Å². The zero-order valence-electron chi connectivity index (χ0n) is 66.2. The minimum absolute atomic E-state index is 0.00815. The monoisotopic (exact) mass is 1690 g/mol. The summed E-state index contributed by atoms with van der Waals surface area (Å²) in [5, 5.41) is 191. The highest BCUT2D eigenvalue weighted by Gasteiger charge is 2.32. The number of amides is 1. The molecular weight excluding hydrogens is 1600 g/mol. The molecule has 9 aromatic rings. The molecule has 0 saturated heterocycles. The van der Waals surface area contributed by atoms with Crippen LogP contribution in [0.15, 0.2) is 170 Å². The standard InChI is InChI=1S/C78H89N27O18/c1-39-33-103(76(121)99-64(39)111)34-53(67(114)92-51(63(81)110)14-8-26-87-73(82)83)93-69(116)55(37-105-71(118)47-11-5-7-13-50(47)97-78(105)123)94-68(115)54(36-104-70(117)46-10-4-6-12-49(46)96-77(104)122)91-61(109)38-100(2)72(119)56(35-102-29-25-59(107)98-75(102)120)95-66(113)52(15-9-27-88-74(84)85)90-60(108)32-89-58(106)24-28-86-65(112)41-18-16-40(17-19-41)62-48-30-42(79)20-22-44(48)45-23-21-43(80)31-57(45)101(62)3/h4-7,10-13,16-23,25,29-31,33,51-56,80H,8-9,14-15,24,26-28,32,34-38H2,1-3H3,(H24,79,81,82,83,84,85,86,87,88,89,90,91,92,93,94,95,96,97,98,99,106,107,108,109,110,111,112,113,114,115,116,117,118,120,121,122,123)/p+1/t51-,52-,53+,54+,55+,56+/m0/s1. The molecule has 5 heterocycles. The van der Waals surface area contributed by atoms with Gasteiger partial charge in [0.05, 0.1) is 70.8 Å². The van der Waals surface area contributed by atoms with Crippen LogP contribution in [0.2, 0.25) is 0 Å². The van der Waals surface area contributed by atoms with E-state index in [4.69, 9.17) is 38.8 Å². The molecule has 1 aliphatic rings. The Bertz CT molecular complexity index is 6370. The fraction of sp³-hybridized carbons (Fsp3) is 0.295. The van der Waals surface area contributed by atoms with Gasteiger partial charge in [-0.1, -0.05) is 30.3 Å². The van der Waals surface area contributed by atoms with Gasteiger partial charge in [-0.15, -0.1) is 0 Å². The molecule has 4 aromatic carbocycles. The summed E-state index contributed by atoms with van der Waals surface area (Å²) in [5.74, 6) is -12.0. The molecule has 45 heteroatoms. The normalized spacial score (nSPS) is 14.4. The number of hydrogen-bond donors (Lipinski definition) is 23. The van der Waals surface area contributed by atoms with Gasteiger partial charge in [-0.2, -0.15) is 24.5 Å². The number of anilines is 1. The van der Waals surface area contributed by atoms with Crippen molar-refractivity contribution in [2.75, 3.05) is 45.5 Å². The number of aromatic hydroxyl groups is 4. The number of nitrogen functional groups attached to an aromatic ring is 1. The van der Waals surface area contributed by atoms with Crippen LogP contribution in [0, 0.1) is 39.1 Å². The van der Waals surface area contributed by atoms with Crippen LogP contribution >= 0.6 is 0 Å². The van der Waals surface area contributed by atoms with Crippen molar-refractivity contribution in [2.45, 2.75) is 101 Å². The molecule has 0 bridgehead atoms. The van der Waals surface area contributed by atoms with Crippen LogP contribution in [-0.4, -0.2) is 256 Å². The molecule has 0 radical (unpaired) electrons. The Morgan fingerprint density at radius 3 is 1.70 bits per heavy atom. The summed E-state index contributed by atoms with van der Waals surface area (Å²) in [6.45, 7) is -4.22. The molecule has 1 aliphatic carbocycles. The third-order valence-corrected chi connectivity index (χ3v) is 19.2. The predicted molar refractivity (Wildman–Crippen MR) is 458 cm³/mol. The Balaban J connectivity index is 0.975. The second kappa shape index (κ2) is 39.9. The number of nitrogens with two attached hydrogens (primary N) is 3. The number of aryl methyl sites for hydroxylation is 2. The predicted octanol–water partition coefficient (Wildman–Crippen LogP) is -0.144. The minimum Gasteiger partial charge on any atom is -0.497 e. The molecule has 123 heavy (non-hydrogen) atoms. The van der Waals surface area contributed by atoms with Gasteiger partial charge in [0, 0.05) is 84.9 Å². The van der Waals surface area contributed by atoms with Gasteiger partial charge in [-0.05, 0) is 105 Å². The van der Waals surface area contributed by atoms with E-state index in [0.717, 1.165) is 71.8 Å². The smallest absolute Gasteiger partial charge is 0.350 e. The Morgan fingerprint density at radius 1 is 0.585 bits per heavy atom. The van der Waals surface area contributed by atoms with Crippen LogP contribution in [-0.2, 0) is 38.0 Å². The number of aliphatic hydroxyl groups excluding tert-OH is 9. The minimum atomic E-state index is -2.23. The van der Waals surface area contributed by atoms with Gasteiger partial charge in [0.1, 0.15) is 43.8 Å². The first-order chi connectivity index (χ1) is 58.5. The summed E-state index contributed by atoms with van der Waals surface area (Å²) in [7, 11) is 2.96. The van der Waals surface area contributed by atoms with Crippen LogP contribution < -0.4 is 70.7 Å². The number of nitrogens with one attached hydrogen (secondary N) is 7. The molecule has 0 spiro atoms. The summed E-state index contributed by atoms with van der Waals surface area (Å²) >= 11 is 0. The van der Waals surface area contributed by atoms with Crippen molar-refractivity contribution in [2.24, 2.45) is 53.5 Å². The number of aliphatic imine (C=N–C) groups is 7. The molecule has 0 aliphatic heterocycles. The number of benzene rings is 4. The molecule has 1 amide bonds. The first kappa shape index (κ1) is 89.2. The average molecular weight is 1690 g/mol. The van der Waals surface area contributed by atoms with Crippen molar-refractivity contribution in [3.8, 4) is 23.8 Å². The lowest BCUT2D eigenvalue weighted by molar-refractivity contribution is -0.655. The molecule has 0 fully saturated rings. The molecule has 0 saturated carbocycles. The van der Waals surface area contributed by atoms with Crippen molar-refractivity contribution in [1.29, 1.82) is 21.6 Å². The topological polar surface area (TPSA) is 723 Å². The number of aromatic nitrogens is 9. The molecule has 644 valence electrons. The third-order valence-electron chi connectivity index (χ3n) is 19.2. The number of carbonyl (C=O) groups is 1. The maximum atomic E-state index is 15.0. The Hall–Kier alpha value is -16.2. The number of allylic oxidation sites excluding steroid dienone is 1. The number of pyridine rings is 1. The number of para-hydroxylation sites is 2. The summed E-state index contributed by atoms with van der Waals surface area (Å²) in [4.78, 5) is 115. The number of fused-ring (bicyclic) bond motifs is 5. The quantitative estimate of drug-likeness (QED) is 0.00798. The van der Waals surface area contributed by atoms with Gasteiger partial charge < -0.3 is 110 Å². The molecule has 0 unspecified atom stereocenters. The Morgan fingerprint density at radius 2 is 1.11 bits per heavy atom. The zero-order valence-corrected chi connectivity index (χ0v) is 66.2. The second-order valence-corrected chi connectivity index (χ2v) is 28.1. The number of aliphatic hydroxyl groups is 9. The van der Waals surface area contributed by atoms with Crippen LogP contribution in [0.1, 0.15) is 43.2 Å². The van der Waals surface area contributed by atoms with Crippen molar-refractivity contribution in [3.05, 3.63) is 189 Å². The zero-order chi connectivity index (χ0) is 89.2. The van der Waals surface area contributed by atoms with E-state index in [9.17, 15) is 90.4 Å². The lowest BCUT2D eigenvalue weighted by Gasteiger charge is -2.23. The van der Waals surface area contributed by atoms with Crippen LogP contribution in [0.3, 0.4) is 0 Å². The van der Waals surface area contributed by atoms with Crippen LogP contribution in [0.4, 0.5) is 5.69 Å². The third kappa shape index (κ3) is 22.8. The summed E-state index contributed by atoms with van der Waals surface area (Å²) in [6, 6.07) is 11.3. The fourth-order valence-electron chi connectivity index (χ4n) is 13.0. The molecule has 6 atom stereocenters. The highest BCUT2D eigenvalue weighted by atomic mass is 16.3. The van der Waals surface area contributed by atoms with E-state index in [0.29, 0.717) is 25.8 Å². The molecule has 10 rings (SSSR count). The SMILES string of the molecule is Cc1cn(C[C@@H](N=C(O)[C@@H](Cn2c(O)nc3ccccc3c2=O)N=C(O)[C@@H](Cn2c(O)nc3ccccc3c2=O)N=C(O)CN(C)C(=O)[C@@H](Cn2ccc(O)nc2=O)N=C(O)[C@H](CCCNC(=N)N)N=C(O)CN=C(O)CCNC(O)=c2ccc(=c3c4c(c5ccc(N)cc5[n+]3C)C=CC(=N)C=4)cc2)C(O)=N[C@@H](CCCNC(=N)N)C(=N)O)c(=O)nc1O. The maximum absolute atomic E-state index is 15.0. The van der Waals surface area contributed by atoms with Gasteiger partial charge >= 0.3 is 11.4 Å². The molecule has 45 nitrogen and oxygen atoms in total. The van der Waals surface area contributed by atoms with E-state index in [2.05, 4.69) is 70.8 Å². The van der Waals surface area contributed by atoms with Gasteiger partial charge in [-0.25, -0.2) is 44.5 Å². The number of likely N-dealkylation sites (N-methyl/N-ethyl adjacent to an activating group) is 1. The van der Waals surface area contributed by atoms with Crippen LogP contribution in [0.25, 0.3) is 50.7 Å². The van der Waals surface area contributed by atoms with Crippen LogP contribution in [0.5, 0.6) is 23.8 Å². The number of hydrogen-bond acceptors (Lipinski definition) is 27. The highest BCUT2D eigenvalue weighted by molar-refractivity contribution is 6.19. The van der Waals surface area contributed by atoms with Crippen molar-refractivity contribution < 1.29 is 75.7 Å². The van der Waals surface area contributed by atoms with Gasteiger partial charge in [0.2, 0.25) is 69.8 Å². The summed E-state index contributed by atoms with van der Waals surface area (Å²) < 4.78 is 4.73. The van der Waals surface area contributed by atoms with Gasteiger partial charge in [0.25, 0.3) is 23.1 Å². The number of carbonyl (C=O) groups excluding carboxylic acids is 1. The molecule has 26 N–H and O–H groups in total. The molecular formula is C78H90N27O18+. The lowest BCUT2D eigenvalue weighted by atomic mass is 9.99. The first-order valence-corrected chi connectivity index (χ1v) is 37.7. The fourth-order valence-corrected chi connectivity index (χ4v) is 13.0. The van der Waals surface area contributed by atoms with E-state index in [1.165, 1.54) is 55.5 Å². The number of guanidine groups is 2. The van der Waals surface area contributed by atoms with Crippen molar-refractivity contribution in [3.63, 3.8) is 0 Å². The summed E-state index contributed by atoms with van der Waals surface area (Å²) in [5.41, 5.74) is 15.5. The second-order valence-electron chi connectivity index (χ2n) is 28.1. The summed E-state index contributed by atoms with van der Waals surface area (Å²) in [6.07, 6.45) is 6.93. The number of rotatable bonds is 36. The molecule has 5 aromatic heterocycles. The Labute approximate surface area is 694 Å². The first-order valence-electron chi connectivity index (χ1n) is 37.7. The number of nitrogens with zero attached hydrogens (tertiary/aromatic N) is 17. The Kier molecular flexibility index (Phi) is 28.9. The van der Waals surface area contributed by atoms with Crippen molar-refractivity contribution >= 4 is 127 Å². The van der Waals surface area contributed by atoms with Gasteiger partial charge in [-0.3, -0.25) is 48.9 Å².